The molecule has 0 saturated carbocycles. The van der Waals surface area contributed by atoms with Crippen LogP contribution in [0.25, 0.3) is 16.8 Å². The second-order valence-corrected chi connectivity index (χ2v) is 10.5. The van der Waals surface area contributed by atoms with Crippen LogP contribution in [0.4, 0.5) is 0 Å². The molecule has 0 saturated heterocycles. The number of hydrogen-bond donors (Lipinski definition) is 1. The molecular formula is C28H23BrN2O5S. The number of ether oxygens (including phenoxy) is 2. The molecule has 1 aliphatic heterocycles. The average molecular weight is 579 g/mol. The molecule has 188 valence electrons. The predicted octanol–water partition coefficient (Wildman–Crippen LogP) is 4.46. The summed E-state index contributed by atoms with van der Waals surface area (Å²) < 4.78 is 13.5. The normalized spacial score (nSPS) is 15.5. The summed E-state index contributed by atoms with van der Waals surface area (Å²) in [7, 11) is 3.04. The van der Waals surface area contributed by atoms with E-state index in [-0.39, 0.29) is 22.8 Å². The first-order chi connectivity index (χ1) is 17.7. The third-order valence-corrected chi connectivity index (χ3v) is 7.98. The van der Waals surface area contributed by atoms with Crippen LogP contribution < -0.4 is 24.4 Å². The Kier molecular flexibility index (Phi) is 6.51. The van der Waals surface area contributed by atoms with E-state index in [1.165, 1.54) is 25.4 Å². The van der Waals surface area contributed by atoms with Crippen LogP contribution in [0.1, 0.15) is 31.0 Å². The van der Waals surface area contributed by atoms with E-state index >= 15 is 0 Å². The molecule has 0 aliphatic carbocycles. The maximum absolute atomic E-state index is 13.9. The van der Waals surface area contributed by atoms with Crippen molar-refractivity contribution in [1.82, 2.24) is 4.57 Å². The van der Waals surface area contributed by atoms with Gasteiger partial charge in [0.1, 0.15) is 5.75 Å². The lowest BCUT2D eigenvalue weighted by atomic mass is 9.89. The fourth-order valence-corrected chi connectivity index (χ4v) is 6.27. The van der Waals surface area contributed by atoms with Gasteiger partial charge in [0, 0.05) is 16.8 Å². The Morgan fingerprint density at radius 2 is 1.86 bits per heavy atom. The van der Waals surface area contributed by atoms with Crippen LogP contribution in [-0.2, 0) is 4.79 Å². The molecule has 2 heterocycles. The van der Waals surface area contributed by atoms with Crippen molar-refractivity contribution >= 4 is 49.9 Å². The van der Waals surface area contributed by atoms with E-state index in [0.29, 0.717) is 36.4 Å². The smallest absolute Gasteiger partial charge is 0.271 e. The first-order valence-electron chi connectivity index (χ1n) is 11.4. The van der Waals surface area contributed by atoms with Gasteiger partial charge in [-0.3, -0.25) is 14.2 Å². The van der Waals surface area contributed by atoms with Crippen molar-refractivity contribution in [3.63, 3.8) is 0 Å². The van der Waals surface area contributed by atoms with E-state index in [2.05, 4.69) is 20.9 Å². The van der Waals surface area contributed by atoms with Crippen LogP contribution in [0, 0.1) is 0 Å². The van der Waals surface area contributed by atoms with Gasteiger partial charge in [0.15, 0.2) is 22.1 Å². The molecular weight excluding hydrogens is 556 g/mol. The van der Waals surface area contributed by atoms with Gasteiger partial charge in [-0.2, -0.15) is 0 Å². The summed E-state index contributed by atoms with van der Waals surface area (Å²) in [6.07, 6.45) is 1.72. The minimum absolute atomic E-state index is 0.0223. The minimum atomic E-state index is -0.710. The lowest BCUT2D eigenvalue weighted by Crippen LogP contribution is -2.39. The number of carbonyl (C=O) groups is 1. The van der Waals surface area contributed by atoms with Gasteiger partial charge in [-0.15, -0.1) is 0 Å². The number of aromatic hydroxyl groups is 1. The molecule has 5 rings (SSSR count). The molecule has 1 N–H and O–H groups in total. The number of phenols is 1. The molecule has 1 aromatic heterocycles. The van der Waals surface area contributed by atoms with Crippen molar-refractivity contribution in [3.05, 3.63) is 95.1 Å². The van der Waals surface area contributed by atoms with Gasteiger partial charge in [-0.25, -0.2) is 4.99 Å². The number of rotatable bonds is 5. The first-order valence-corrected chi connectivity index (χ1v) is 13.0. The lowest BCUT2D eigenvalue weighted by molar-refractivity contribution is -0.114. The number of nitrogens with zero attached hydrogens (tertiary/aromatic N) is 2. The Bertz CT molecular complexity index is 1800. The zero-order valence-corrected chi connectivity index (χ0v) is 22.9. The number of aromatic nitrogens is 1. The Labute approximate surface area is 224 Å². The summed E-state index contributed by atoms with van der Waals surface area (Å²) in [5.74, 6) is 0.675. The summed E-state index contributed by atoms with van der Waals surface area (Å²) in [6.45, 7) is 3.29. The molecule has 1 aliphatic rings. The molecule has 1 atom stereocenters. The maximum atomic E-state index is 13.9. The molecule has 0 unspecified atom stereocenters. The highest BCUT2D eigenvalue weighted by molar-refractivity contribution is 9.10. The topological polar surface area (TPSA) is 90.1 Å². The number of methoxy groups -OCH3 is 2. The zero-order valence-electron chi connectivity index (χ0n) is 20.5. The Hall–Kier alpha value is -3.69. The number of thiazole rings is 1. The number of hydrogen-bond acceptors (Lipinski definition) is 7. The fourth-order valence-electron chi connectivity index (χ4n) is 4.76. The van der Waals surface area contributed by atoms with Gasteiger partial charge in [0.25, 0.3) is 5.56 Å². The van der Waals surface area contributed by atoms with Crippen LogP contribution in [0.3, 0.4) is 0 Å². The number of phenolic OH excluding ortho intramolecular Hbond substituents is 1. The van der Waals surface area contributed by atoms with Crippen molar-refractivity contribution in [2.75, 3.05) is 14.2 Å². The molecule has 37 heavy (non-hydrogen) atoms. The van der Waals surface area contributed by atoms with Crippen molar-refractivity contribution in [1.29, 1.82) is 0 Å². The summed E-state index contributed by atoms with van der Waals surface area (Å²) in [6, 6.07) is 14.3. The second-order valence-electron chi connectivity index (χ2n) is 8.59. The third-order valence-electron chi connectivity index (χ3n) is 6.39. The van der Waals surface area contributed by atoms with Crippen LogP contribution in [0.15, 0.2) is 74.1 Å². The highest BCUT2D eigenvalue weighted by Crippen LogP contribution is 2.40. The molecule has 7 nitrogen and oxygen atoms in total. The van der Waals surface area contributed by atoms with Gasteiger partial charge in [-0.1, -0.05) is 41.7 Å². The van der Waals surface area contributed by atoms with Crippen molar-refractivity contribution in [2.45, 2.75) is 19.9 Å². The molecule has 0 radical (unpaired) electrons. The molecule has 0 spiro atoms. The number of halogens is 1. The van der Waals surface area contributed by atoms with Crippen molar-refractivity contribution < 1.29 is 19.4 Å². The van der Waals surface area contributed by atoms with Crippen molar-refractivity contribution in [3.8, 4) is 17.2 Å². The summed E-state index contributed by atoms with van der Waals surface area (Å²) in [4.78, 5) is 32.0. The van der Waals surface area contributed by atoms with Gasteiger partial charge in [-0.05, 0) is 70.4 Å². The second kappa shape index (κ2) is 9.64. The average Bonchev–Trinajstić information content (AvgIpc) is 3.18. The number of ketones is 1. The largest absolute Gasteiger partial charge is 0.503 e. The highest BCUT2D eigenvalue weighted by Gasteiger charge is 2.33. The van der Waals surface area contributed by atoms with E-state index in [1.54, 1.807) is 36.8 Å². The van der Waals surface area contributed by atoms with Crippen LogP contribution in [-0.4, -0.2) is 29.7 Å². The van der Waals surface area contributed by atoms with Crippen molar-refractivity contribution in [2.24, 2.45) is 4.99 Å². The molecule has 3 aromatic carbocycles. The van der Waals surface area contributed by atoms with E-state index in [9.17, 15) is 14.7 Å². The highest BCUT2D eigenvalue weighted by atomic mass is 79.9. The van der Waals surface area contributed by atoms with Gasteiger partial charge < -0.3 is 14.6 Å². The molecule has 0 amide bonds. The first kappa shape index (κ1) is 25.0. The van der Waals surface area contributed by atoms with Crippen LogP contribution >= 0.6 is 27.3 Å². The SMILES string of the molecule is COc1cc(C=c2sc3n(c2=O)[C@H](c2c(OC)ccc4ccccc24)C(C(C)=O)=C(C)N=3)cc(Br)c1O. The van der Waals surface area contributed by atoms with E-state index in [4.69, 9.17) is 9.47 Å². The monoisotopic (exact) mass is 578 g/mol. The van der Waals surface area contributed by atoms with E-state index in [0.717, 1.165) is 16.3 Å². The summed E-state index contributed by atoms with van der Waals surface area (Å²) >= 11 is 4.57. The summed E-state index contributed by atoms with van der Waals surface area (Å²) in [5, 5.41) is 12.0. The maximum Gasteiger partial charge on any atom is 0.271 e. The van der Waals surface area contributed by atoms with Gasteiger partial charge in [0.2, 0.25) is 0 Å². The standard InChI is InChI=1S/C28H23BrN2O5S/c1-14-23(15(2)32)25(24-18-8-6-5-7-17(18)9-10-20(24)35-3)31-27(34)22(37-28(31)30-14)13-16-11-19(29)26(33)21(12-16)36-4/h5-13,25,33H,1-4H3/t25-/m0/s1. The minimum Gasteiger partial charge on any atom is -0.503 e. The van der Waals surface area contributed by atoms with E-state index in [1.807, 2.05) is 36.4 Å². The number of Topliss-reactive ketones (excluding diaryl/α,β-unsaturated/α-hetero) is 1. The van der Waals surface area contributed by atoms with Gasteiger partial charge in [0.05, 0.1) is 29.3 Å². The Morgan fingerprint density at radius 3 is 2.57 bits per heavy atom. The number of benzene rings is 3. The Balaban J connectivity index is 1.84. The predicted molar refractivity (Wildman–Crippen MR) is 147 cm³/mol. The zero-order chi connectivity index (χ0) is 26.4. The molecule has 0 bridgehead atoms. The molecule has 9 heteroatoms. The number of carbonyl (C=O) groups excluding carboxylic acids is 1. The number of allylic oxidation sites excluding steroid dienone is 2. The summed E-state index contributed by atoms with van der Waals surface area (Å²) in [5.41, 5.74) is 2.13. The Morgan fingerprint density at radius 1 is 1.14 bits per heavy atom. The quantitative estimate of drug-likeness (QED) is 0.377. The lowest BCUT2D eigenvalue weighted by Gasteiger charge is -2.27. The van der Waals surface area contributed by atoms with Crippen LogP contribution in [0.5, 0.6) is 17.2 Å². The number of fused-ring (bicyclic) bond motifs is 2. The van der Waals surface area contributed by atoms with E-state index < -0.39 is 6.04 Å². The molecule has 0 fully saturated rings. The molecule has 4 aromatic rings. The van der Waals surface area contributed by atoms with Gasteiger partial charge >= 0.3 is 0 Å². The van der Waals surface area contributed by atoms with Crippen LogP contribution in [0.2, 0.25) is 0 Å². The third kappa shape index (κ3) is 4.18. The fraction of sp³-hybridized carbons (Fsp3) is 0.179.